The van der Waals surface area contributed by atoms with Crippen LogP contribution in [0.4, 0.5) is 10.1 Å². The number of benzene rings is 1. The number of likely N-dealkylation sites (N-methyl/N-ethyl adjacent to an activating group) is 1. The maximum absolute atomic E-state index is 13.3. The van der Waals surface area contributed by atoms with Crippen molar-refractivity contribution in [2.24, 2.45) is 0 Å². The van der Waals surface area contributed by atoms with E-state index >= 15 is 0 Å². The van der Waals surface area contributed by atoms with Gasteiger partial charge in [0.1, 0.15) is 5.82 Å². The molecule has 1 aliphatic rings. The molecule has 1 saturated heterocycles. The van der Waals surface area contributed by atoms with Gasteiger partial charge in [0.2, 0.25) is 0 Å². The van der Waals surface area contributed by atoms with E-state index < -0.39 is 0 Å². The van der Waals surface area contributed by atoms with E-state index in [9.17, 15) is 4.39 Å². The van der Waals surface area contributed by atoms with Crippen LogP contribution in [-0.2, 0) is 0 Å². The molecule has 4 heteroatoms. The van der Waals surface area contributed by atoms with Crippen molar-refractivity contribution in [3.8, 4) is 0 Å². The van der Waals surface area contributed by atoms with Gasteiger partial charge in [0.05, 0.1) is 5.69 Å². The Morgan fingerprint density at radius 1 is 1.47 bits per heavy atom. The third-order valence-corrected chi connectivity index (χ3v) is 4.33. The molecule has 1 heterocycles. The van der Waals surface area contributed by atoms with Gasteiger partial charge in [0, 0.05) is 24.9 Å². The summed E-state index contributed by atoms with van der Waals surface area (Å²) in [4.78, 5) is 2.37. The second-order valence-electron chi connectivity index (χ2n) is 4.40. The molecule has 94 valence electrons. The van der Waals surface area contributed by atoms with E-state index in [1.807, 2.05) is 17.8 Å². The minimum absolute atomic E-state index is 0.174. The van der Waals surface area contributed by atoms with Gasteiger partial charge in [-0.05, 0) is 31.4 Å². The highest BCUT2D eigenvalue weighted by molar-refractivity contribution is 7.99. The SMILES string of the molecule is CN(CCNc1ccccc1F)C1CCSC1. The fourth-order valence-corrected chi connectivity index (χ4v) is 3.32. The molecule has 1 aromatic carbocycles. The molecule has 1 aliphatic heterocycles. The molecule has 2 nitrogen and oxygen atoms in total. The van der Waals surface area contributed by atoms with Crippen LogP contribution in [0.2, 0.25) is 0 Å². The van der Waals surface area contributed by atoms with Gasteiger partial charge in [-0.25, -0.2) is 4.39 Å². The highest BCUT2D eigenvalue weighted by Gasteiger charge is 2.19. The Hall–Kier alpha value is -0.740. The van der Waals surface area contributed by atoms with Gasteiger partial charge in [0.15, 0.2) is 0 Å². The highest BCUT2D eigenvalue weighted by atomic mass is 32.2. The maximum atomic E-state index is 13.3. The zero-order valence-corrected chi connectivity index (χ0v) is 11.0. The molecule has 1 N–H and O–H groups in total. The molecule has 0 spiro atoms. The number of nitrogens with zero attached hydrogens (tertiary/aromatic N) is 1. The second kappa shape index (κ2) is 6.26. The summed E-state index contributed by atoms with van der Waals surface area (Å²) in [6.07, 6.45) is 1.28. The largest absolute Gasteiger partial charge is 0.381 e. The van der Waals surface area contributed by atoms with E-state index in [4.69, 9.17) is 0 Å². The molecule has 0 radical (unpaired) electrons. The Bertz CT molecular complexity index is 353. The topological polar surface area (TPSA) is 15.3 Å². The number of thioether (sulfide) groups is 1. The summed E-state index contributed by atoms with van der Waals surface area (Å²) in [7, 11) is 2.15. The first-order valence-electron chi connectivity index (χ1n) is 6.04. The van der Waals surface area contributed by atoms with Crippen molar-refractivity contribution in [2.75, 3.05) is 37.0 Å². The lowest BCUT2D eigenvalue weighted by Gasteiger charge is -2.23. The predicted molar refractivity (Wildman–Crippen MR) is 73.2 cm³/mol. The van der Waals surface area contributed by atoms with Gasteiger partial charge in [-0.3, -0.25) is 0 Å². The van der Waals surface area contributed by atoms with E-state index in [1.54, 1.807) is 12.1 Å². The Balaban J connectivity index is 1.74. The monoisotopic (exact) mass is 254 g/mol. The van der Waals surface area contributed by atoms with Crippen molar-refractivity contribution < 1.29 is 4.39 Å². The molecule has 1 atom stereocenters. The number of rotatable bonds is 5. The lowest BCUT2D eigenvalue weighted by molar-refractivity contribution is 0.272. The predicted octanol–water partition coefficient (Wildman–Crippen LogP) is 2.67. The maximum Gasteiger partial charge on any atom is 0.146 e. The van der Waals surface area contributed by atoms with E-state index in [0.717, 1.165) is 13.1 Å². The molecule has 1 fully saturated rings. The van der Waals surface area contributed by atoms with E-state index in [2.05, 4.69) is 17.3 Å². The van der Waals surface area contributed by atoms with Crippen molar-refractivity contribution in [3.05, 3.63) is 30.1 Å². The number of nitrogens with one attached hydrogen (secondary N) is 1. The Labute approximate surface area is 107 Å². The van der Waals surface area contributed by atoms with Crippen molar-refractivity contribution in [2.45, 2.75) is 12.5 Å². The summed E-state index contributed by atoms with van der Waals surface area (Å²) in [6, 6.07) is 7.52. The van der Waals surface area contributed by atoms with E-state index in [-0.39, 0.29) is 5.82 Å². The van der Waals surface area contributed by atoms with Crippen molar-refractivity contribution >= 4 is 17.4 Å². The van der Waals surface area contributed by atoms with Crippen molar-refractivity contribution in [1.29, 1.82) is 0 Å². The van der Waals surface area contributed by atoms with Crippen LogP contribution in [0, 0.1) is 5.82 Å². The molecule has 0 aliphatic carbocycles. The molecule has 1 unspecified atom stereocenters. The van der Waals surface area contributed by atoms with Crippen LogP contribution in [0.15, 0.2) is 24.3 Å². The molecule has 0 aromatic heterocycles. The van der Waals surface area contributed by atoms with Gasteiger partial charge in [-0.1, -0.05) is 12.1 Å². The van der Waals surface area contributed by atoms with Gasteiger partial charge in [-0.15, -0.1) is 0 Å². The smallest absolute Gasteiger partial charge is 0.146 e. The standard InChI is InChI=1S/C13H19FN2S/c1-16(11-6-9-17-10-11)8-7-15-13-5-3-2-4-12(13)14/h2-5,11,15H,6-10H2,1H3. The summed E-state index contributed by atoms with van der Waals surface area (Å²) in [5.74, 6) is 2.33. The third-order valence-electron chi connectivity index (χ3n) is 3.18. The summed E-state index contributed by atoms with van der Waals surface area (Å²) in [5, 5.41) is 3.14. The molecular weight excluding hydrogens is 235 g/mol. The van der Waals surface area contributed by atoms with Crippen LogP contribution in [0.5, 0.6) is 0 Å². The normalized spacial score (nSPS) is 19.8. The molecule has 0 saturated carbocycles. The van der Waals surface area contributed by atoms with Gasteiger partial charge in [-0.2, -0.15) is 11.8 Å². The number of para-hydroxylation sites is 1. The number of anilines is 1. The Morgan fingerprint density at radius 3 is 3.00 bits per heavy atom. The van der Waals surface area contributed by atoms with Crippen LogP contribution in [0.25, 0.3) is 0 Å². The summed E-state index contributed by atoms with van der Waals surface area (Å²) in [6.45, 7) is 1.75. The summed E-state index contributed by atoms with van der Waals surface area (Å²) in [5.41, 5.74) is 0.599. The third kappa shape index (κ3) is 3.61. The van der Waals surface area contributed by atoms with Gasteiger partial charge < -0.3 is 10.2 Å². The Morgan fingerprint density at radius 2 is 2.29 bits per heavy atom. The summed E-state index contributed by atoms with van der Waals surface area (Å²) >= 11 is 2.02. The van der Waals surface area contributed by atoms with Crippen LogP contribution in [0.3, 0.4) is 0 Å². The first-order chi connectivity index (χ1) is 8.27. The Kier molecular flexibility index (Phi) is 4.68. The molecular formula is C13H19FN2S. The number of hydrogen-bond donors (Lipinski definition) is 1. The quantitative estimate of drug-likeness (QED) is 0.869. The van der Waals surface area contributed by atoms with Crippen LogP contribution in [-0.4, -0.2) is 42.6 Å². The lowest BCUT2D eigenvalue weighted by Crippen LogP contribution is -2.35. The first kappa shape index (κ1) is 12.7. The van der Waals surface area contributed by atoms with Crippen molar-refractivity contribution in [1.82, 2.24) is 4.90 Å². The zero-order valence-electron chi connectivity index (χ0n) is 10.2. The van der Waals surface area contributed by atoms with E-state index in [0.29, 0.717) is 11.7 Å². The first-order valence-corrected chi connectivity index (χ1v) is 7.19. The second-order valence-corrected chi connectivity index (χ2v) is 5.55. The fraction of sp³-hybridized carbons (Fsp3) is 0.538. The number of hydrogen-bond acceptors (Lipinski definition) is 3. The van der Waals surface area contributed by atoms with Gasteiger partial charge in [0.25, 0.3) is 0 Å². The minimum atomic E-state index is -0.174. The molecule has 0 amide bonds. The zero-order chi connectivity index (χ0) is 12.1. The fourth-order valence-electron chi connectivity index (χ4n) is 2.02. The molecule has 17 heavy (non-hydrogen) atoms. The van der Waals surface area contributed by atoms with Crippen LogP contribution in [0.1, 0.15) is 6.42 Å². The van der Waals surface area contributed by atoms with Crippen LogP contribution < -0.4 is 5.32 Å². The van der Waals surface area contributed by atoms with Gasteiger partial charge >= 0.3 is 0 Å². The highest BCUT2D eigenvalue weighted by Crippen LogP contribution is 2.21. The number of halogens is 1. The summed E-state index contributed by atoms with van der Waals surface area (Å²) < 4.78 is 13.3. The van der Waals surface area contributed by atoms with Crippen LogP contribution >= 0.6 is 11.8 Å². The van der Waals surface area contributed by atoms with Crippen molar-refractivity contribution in [3.63, 3.8) is 0 Å². The average Bonchev–Trinajstić information content (AvgIpc) is 2.85. The molecule has 0 bridgehead atoms. The molecule has 2 rings (SSSR count). The average molecular weight is 254 g/mol. The van der Waals surface area contributed by atoms with E-state index in [1.165, 1.54) is 24.0 Å². The minimum Gasteiger partial charge on any atom is -0.381 e. The molecule has 1 aromatic rings. The lowest BCUT2D eigenvalue weighted by atomic mass is 10.2.